The van der Waals surface area contributed by atoms with E-state index < -0.39 is 5.91 Å². The molecule has 0 aliphatic rings. The lowest BCUT2D eigenvalue weighted by Crippen LogP contribution is -2.27. The first-order chi connectivity index (χ1) is 14.9. The third kappa shape index (κ3) is 5.28. The number of fused-ring (bicyclic) bond motifs is 1. The minimum absolute atomic E-state index is 0.126. The molecule has 1 heterocycles. The molecule has 1 aromatic heterocycles. The maximum absolute atomic E-state index is 12.6. The number of carbonyl (C=O) groups is 1. The number of benzene rings is 2. The van der Waals surface area contributed by atoms with E-state index in [9.17, 15) is 9.59 Å². The first-order valence-electron chi connectivity index (χ1n) is 10.0. The number of aromatic nitrogens is 2. The van der Waals surface area contributed by atoms with Gasteiger partial charge in [-0.05, 0) is 42.2 Å². The first kappa shape index (κ1) is 22.0. The highest BCUT2D eigenvalue weighted by molar-refractivity contribution is 6.04. The number of hydrazone groups is 1. The summed E-state index contributed by atoms with van der Waals surface area (Å²) in [5, 5.41) is 9.00. The minimum atomic E-state index is -0.511. The SMILES string of the molecule is COc1cc(/C=N/NC(=O)c2nn(C)c(=O)c3ccccc23)ccc1OCCC(C)C. The second kappa shape index (κ2) is 9.88. The molecule has 0 saturated heterocycles. The highest BCUT2D eigenvalue weighted by Crippen LogP contribution is 2.28. The molecule has 3 rings (SSSR count). The number of ether oxygens (including phenoxy) is 2. The van der Waals surface area contributed by atoms with Crippen molar-refractivity contribution in [1.29, 1.82) is 0 Å². The van der Waals surface area contributed by atoms with Gasteiger partial charge in [-0.2, -0.15) is 10.2 Å². The molecule has 0 atom stereocenters. The van der Waals surface area contributed by atoms with Crippen molar-refractivity contribution < 1.29 is 14.3 Å². The van der Waals surface area contributed by atoms with Crippen molar-refractivity contribution in [2.45, 2.75) is 20.3 Å². The summed E-state index contributed by atoms with van der Waals surface area (Å²) >= 11 is 0. The van der Waals surface area contributed by atoms with Crippen LogP contribution in [0.15, 0.2) is 52.4 Å². The van der Waals surface area contributed by atoms with Gasteiger partial charge in [-0.3, -0.25) is 9.59 Å². The van der Waals surface area contributed by atoms with Crippen molar-refractivity contribution in [2.24, 2.45) is 18.1 Å². The van der Waals surface area contributed by atoms with E-state index in [1.807, 2.05) is 12.1 Å². The number of hydrogen-bond donors (Lipinski definition) is 1. The summed E-state index contributed by atoms with van der Waals surface area (Å²) in [5.74, 6) is 1.29. The van der Waals surface area contributed by atoms with Gasteiger partial charge in [0.25, 0.3) is 11.5 Å². The van der Waals surface area contributed by atoms with E-state index >= 15 is 0 Å². The van der Waals surface area contributed by atoms with E-state index in [0.29, 0.717) is 34.8 Å². The summed E-state index contributed by atoms with van der Waals surface area (Å²) in [6.45, 7) is 4.89. The predicted molar refractivity (Wildman–Crippen MR) is 120 cm³/mol. The lowest BCUT2D eigenvalue weighted by molar-refractivity contribution is 0.0950. The van der Waals surface area contributed by atoms with Crippen molar-refractivity contribution in [3.05, 3.63) is 64.1 Å². The van der Waals surface area contributed by atoms with Gasteiger partial charge in [0.2, 0.25) is 0 Å². The number of amides is 1. The van der Waals surface area contributed by atoms with Crippen LogP contribution in [0.25, 0.3) is 10.8 Å². The summed E-state index contributed by atoms with van der Waals surface area (Å²) in [6.07, 6.45) is 2.45. The van der Waals surface area contributed by atoms with Gasteiger partial charge < -0.3 is 9.47 Å². The largest absolute Gasteiger partial charge is 0.493 e. The Morgan fingerprint density at radius 1 is 1.19 bits per heavy atom. The zero-order valence-electron chi connectivity index (χ0n) is 18.1. The van der Waals surface area contributed by atoms with Crippen LogP contribution in [0.4, 0.5) is 0 Å². The molecule has 0 aliphatic heterocycles. The molecular formula is C23H26N4O4. The lowest BCUT2D eigenvalue weighted by Gasteiger charge is -2.12. The van der Waals surface area contributed by atoms with Crippen LogP contribution >= 0.6 is 0 Å². The van der Waals surface area contributed by atoms with Crippen LogP contribution in [0.3, 0.4) is 0 Å². The fourth-order valence-electron chi connectivity index (χ4n) is 2.97. The fourth-order valence-corrected chi connectivity index (χ4v) is 2.97. The van der Waals surface area contributed by atoms with Gasteiger partial charge in [0, 0.05) is 12.4 Å². The summed E-state index contributed by atoms with van der Waals surface area (Å²) in [4.78, 5) is 24.8. The molecular weight excluding hydrogens is 396 g/mol. The zero-order chi connectivity index (χ0) is 22.4. The highest BCUT2D eigenvalue weighted by Gasteiger charge is 2.15. The Morgan fingerprint density at radius 3 is 2.65 bits per heavy atom. The number of hydrogen-bond acceptors (Lipinski definition) is 6. The highest BCUT2D eigenvalue weighted by atomic mass is 16.5. The molecule has 8 heteroatoms. The summed E-state index contributed by atoms with van der Waals surface area (Å²) < 4.78 is 12.3. The third-order valence-corrected chi connectivity index (χ3v) is 4.69. The number of nitrogens with one attached hydrogen (secondary N) is 1. The van der Waals surface area contributed by atoms with Crippen LogP contribution in [0.2, 0.25) is 0 Å². The van der Waals surface area contributed by atoms with Crippen LogP contribution in [0, 0.1) is 5.92 Å². The number of carbonyl (C=O) groups excluding carboxylic acids is 1. The van der Waals surface area contributed by atoms with Crippen molar-refractivity contribution in [3.8, 4) is 11.5 Å². The van der Waals surface area contributed by atoms with Crippen molar-refractivity contribution in [3.63, 3.8) is 0 Å². The molecule has 0 aliphatic carbocycles. The maximum Gasteiger partial charge on any atom is 0.292 e. The molecule has 31 heavy (non-hydrogen) atoms. The minimum Gasteiger partial charge on any atom is -0.493 e. The Kier molecular flexibility index (Phi) is 7.02. The third-order valence-electron chi connectivity index (χ3n) is 4.69. The van der Waals surface area contributed by atoms with Gasteiger partial charge in [0.1, 0.15) is 0 Å². The van der Waals surface area contributed by atoms with E-state index in [2.05, 4.69) is 29.5 Å². The Bertz CT molecular complexity index is 1170. The molecule has 0 saturated carbocycles. The topological polar surface area (TPSA) is 94.8 Å². The van der Waals surface area contributed by atoms with Crippen LogP contribution < -0.4 is 20.5 Å². The number of nitrogens with zero attached hydrogens (tertiary/aromatic N) is 3. The Balaban J connectivity index is 1.74. The number of methoxy groups -OCH3 is 1. The summed E-state index contributed by atoms with van der Waals surface area (Å²) in [5.41, 5.74) is 3.05. The Hall–Kier alpha value is -3.68. The zero-order valence-corrected chi connectivity index (χ0v) is 18.1. The number of aryl methyl sites for hydroxylation is 1. The van der Waals surface area contributed by atoms with Gasteiger partial charge in [-0.25, -0.2) is 10.1 Å². The van der Waals surface area contributed by atoms with Crippen LogP contribution in [-0.2, 0) is 7.05 Å². The van der Waals surface area contributed by atoms with Crippen molar-refractivity contribution >= 4 is 22.9 Å². The lowest BCUT2D eigenvalue weighted by atomic mass is 10.1. The van der Waals surface area contributed by atoms with E-state index in [1.54, 1.807) is 37.4 Å². The standard InChI is InChI=1S/C23H26N4O4/c1-15(2)11-12-31-19-10-9-16(13-20(19)30-4)14-24-25-22(28)21-17-7-5-6-8-18(17)23(29)27(3)26-21/h5-10,13-15H,11-12H2,1-4H3,(H,25,28)/b24-14+. The van der Waals surface area contributed by atoms with Crippen molar-refractivity contribution in [1.82, 2.24) is 15.2 Å². The van der Waals surface area contributed by atoms with Gasteiger partial charge in [0.15, 0.2) is 17.2 Å². The molecule has 8 nitrogen and oxygen atoms in total. The normalized spacial score (nSPS) is 11.3. The number of rotatable bonds is 8. The Labute approximate surface area is 180 Å². The molecule has 1 amide bonds. The van der Waals surface area contributed by atoms with E-state index in [-0.39, 0.29) is 11.3 Å². The first-order valence-corrected chi connectivity index (χ1v) is 10.0. The molecule has 0 spiro atoms. The van der Waals surface area contributed by atoms with E-state index in [1.165, 1.54) is 13.3 Å². The van der Waals surface area contributed by atoms with Crippen molar-refractivity contribution in [2.75, 3.05) is 13.7 Å². The van der Waals surface area contributed by atoms with Gasteiger partial charge in [-0.1, -0.05) is 32.0 Å². The average Bonchev–Trinajstić information content (AvgIpc) is 2.76. The molecule has 3 aromatic rings. The maximum atomic E-state index is 12.6. The smallest absolute Gasteiger partial charge is 0.292 e. The second-order valence-electron chi connectivity index (χ2n) is 7.46. The second-order valence-corrected chi connectivity index (χ2v) is 7.46. The average molecular weight is 422 g/mol. The summed E-state index contributed by atoms with van der Waals surface area (Å²) in [6, 6.07) is 12.3. The molecule has 0 unspecified atom stereocenters. The molecule has 0 radical (unpaired) electrons. The van der Waals surface area contributed by atoms with E-state index in [4.69, 9.17) is 9.47 Å². The molecule has 2 aromatic carbocycles. The predicted octanol–water partition coefficient (Wildman–Crippen LogP) is 3.13. The van der Waals surface area contributed by atoms with Gasteiger partial charge >= 0.3 is 0 Å². The monoisotopic (exact) mass is 422 g/mol. The fraction of sp³-hybridized carbons (Fsp3) is 0.304. The molecule has 162 valence electrons. The Morgan fingerprint density at radius 2 is 1.94 bits per heavy atom. The van der Waals surface area contributed by atoms with Gasteiger partial charge in [-0.15, -0.1) is 0 Å². The van der Waals surface area contributed by atoms with Crippen LogP contribution in [0.1, 0.15) is 36.3 Å². The molecule has 1 N–H and O–H groups in total. The quantitative estimate of drug-likeness (QED) is 0.445. The van der Waals surface area contributed by atoms with E-state index in [0.717, 1.165) is 16.7 Å². The molecule has 0 bridgehead atoms. The molecule has 0 fully saturated rings. The summed E-state index contributed by atoms with van der Waals surface area (Å²) in [7, 11) is 3.08. The van der Waals surface area contributed by atoms with Crippen LogP contribution in [-0.4, -0.2) is 35.6 Å². The van der Waals surface area contributed by atoms with Crippen LogP contribution in [0.5, 0.6) is 11.5 Å². The van der Waals surface area contributed by atoms with Gasteiger partial charge in [0.05, 0.1) is 25.3 Å².